The molecular formula is C17H34N2O. The fraction of sp³-hybridized carbons (Fsp3) is 0.941. The number of rotatable bonds is 9. The molecule has 0 aromatic rings. The van der Waals surface area contributed by atoms with E-state index in [1.165, 1.54) is 25.7 Å². The zero-order valence-electron chi connectivity index (χ0n) is 14.2. The first-order valence-corrected chi connectivity index (χ1v) is 8.48. The summed E-state index contributed by atoms with van der Waals surface area (Å²) < 4.78 is 0. The van der Waals surface area contributed by atoms with Crippen molar-refractivity contribution in [1.29, 1.82) is 0 Å². The first-order valence-electron chi connectivity index (χ1n) is 8.48. The van der Waals surface area contributed by atoms with E-state index < -0.39 is 0 Å². The highest BCUT2D eigenvalue weighted by molar-refractivity contribution is 5.84. The van der Waals surface area contributed by atoms with Crippen LogP contribution in [0.2, 0.25) is 0 Å². The van der Waals surface area contributed by atoms with Crippen LogP contribution in [0.4, 0.5) is 0 Å². The highest BCUT2D eigenvalue weighted by atomic mass is 16.2. The Balaban J connectivity index is 2.51. The smallest absolute Gasteiger partial charge is 0.241 e. The Hall–Kier alpha value is -0.570. The van der Waals surface area contributed by atoms with Crippen LogP contribution in [0.25, 0.3) is 0 Å². The van der Waals surface area contributed by atoms with Crippen molar-refractivity contribution in [1.82, 2.24) is 10.2 Å². The third kappa shape index (κ3) is 5.08. The topological polar surface area (TPSA) is 32.3 Å². The molecule has 0 spiro atoms. The van der Waals surface area contributed by atoms with Crippen LogP contribution in [-0.2, 0) is 4.79 Å². The quantitative estimate of drug-likeness (QED) is 0.650. The van der Waals surface area contributed by atoms with Crippen molar-refractivity contribution in [2.24, 2.45) is 5.41 Å². The van der Waals surface area contributed by atoms with Gasteiger partial charge in [-0.2, -0.15) is 0 Å². The molecule has 1 heterocycles. The second-order valence-corrected chi connectivity index (χ2v) is 7.12. The molecule has 20 heavy (non-hydrogen) atoms. The molecule has 1 N–H and O–H groups in total. The average Bonchev–Trinajstić information content (AvgIpc) is 2.64. The van der Waals surface area contributed by atoms with Gasteiger partial charge in [0.15, 0.2) is 0 Å². The minimum absolute atomic E-state index is 0.0522. The molecule has 0 radical (unpaired) electrons. The summed E-state index contributed by atoms with van der Waals surface area (Å²) in [5, 5.41) is 3.45. The summed E-state index contributed by atoms with van der Waals surface area (Å²) >= 11 is 0. The van der Waals surface area contributed by atoms with Crippen LogP contribution in [-0.4, -0.2) is 29.6 Å². The van der Waals surface area contributed by atoms with Crippen molar-refractivity contribution < 1.29 is 4.79 Å². The first kappa shape index (κ1) is 17.5. The van der Waals surface area contributed by atoms with Gasteiger partial charge >= 0.3 is 0 Å². The van der Waals surface area contributed by atoms with Crippen LogP contribution in [0.1, 0.15) is 79.6 Å². The summed E-state index contributed by atoms with van der Waals surface area (Å²) in [6, 6.07) is 0.0522. The van der Waals surface area contributed by atoms with Crippen LogP contribution in [0.5, 0.6) is 0 Å². The minimum Gasteiger partial charge on any atom is -0.326 e. The Bertz CT molecular complexity index is 301. The number of hydrogen-bond donors (Lipinski definition) is 1. The molecule has 0 aromatic carbocycles. The minimum atomic E-state index is 0.0522. The van der Waals surface area contributed by atoms with Crippen LogP contribution in [0.3, 0.4) is 0 Å². The van der Waals surface area contributed by atoms with Gasteiger partial charge in [-0.15, -0.1) is 0 Å². The van der Waals surface area contributed by atoms with E-state index >= 15 is 0 Å². The normalized spacial score (nSPS) is 23.6. The lowest BCUT2D eigenvalue weighted by atomic mass is 9.86. The monoisotopic (exact) mass is 282 g/mol. The van der Waals surface area contributed by atoms with Gasteiger partial charge in [0.2, 0.25) is 5.91 Å². The van der Waals surface area contributed by atoms with E-state index in [9.17, 15) is 4.79 Å². The largest absolute Gasteiger partial charge is 0.326 e. The van der Waals surface area contributed by atoms with E-state index in [1.807, 2.05) is 0 Å². The molecule has 0 bridgehead atoms. The molecule has 1 rings (SSSR count). The zero-order valence-corrected chi connectivity index (χ0v) is 14.2. The van der Waals surface area contributed by atoms with E-state index in [0.29, 0.717) is 5.91 Å². The maximum atomic E-state index is 12.5. The molecule has 1 saturated heterocycles. The molecule has 0 aromatic heterocycles. The molecular weight excluding hydrogens is 248 g/mol. The number of hydrogen-bond acceptors (Lipinski definition) is 2. The van der Waals surface area contributed by atoms with Crippen molar-refractivity contribution >= 4 is 5.91 Å². The van der Waals surface area contributed by atoms with E-state index in [1.54, 1.807) is 0 Å². The lowest BCUT2D eigenvalue weighted by Crippen LogP contribution is -2.41. The van der Waals surface area contributed by atoms with E-state index in [0.717, 1.165) is 25.8 Å². The number of nitrogens with zero attached hydrogens (tertiary/aromatic N) is 1. The second-order valence-electron chi connectivity index (χ2n) is 7.12. The highest BCUT2D eigenvalue weighted by Crippen LogP contribution is 2.28. The van der Waals surface area contributed by atoms with Crippen LogP contribution < -0.4 is 5.32 Å². The van der Waals surface area contributed by atoms with Crippen LogP contribution >= 0.6 is 0 Å². The standard InChI is InChI=1S/C17H34N2O/c1-6-8-10-12-17(4,5)13-19-14(3)18-15(16(19)20)11-9-7-2/h14-15,18H,6-13H2,1-5H3. The van der Waals surface area contributed by atoms with Gasteiger partial charge in [0.25, 0.3) is 0 Å². The van der Waals surface area contributed by atoms with Crippen LogP contribution in [0, 0.1) is 5.41 Å². The predicted molar refractivity (Wildman–Crippen MR) is 85.5 cm³/mol. The Morgan fingerprint density at radius 1 is 1.15 bits per heavy atom. The lowest BCUT2D eigenvalue weighted by Gasteiger charge is -2.32. The number of carbonyl (C=O) groups excluding carboxylic acids is 1. The number of nitrogens with one attached hydrogen (secondary N) is 1. The van der Waals surface area contributed by atoms with E-state index in [2.05, 4.69) is 44.8 Å². The number of unbranched alkanes of at least 4 members (excludes halogenated alkanes) is 3. The summed E-state index contributed by atoms with van der Waals surface area (Å²) in [4.78, 5) is 14.6. The Morgan fingerprint density at radius 3 is 2.40 bits per heavy atom. The van der Waals surface area contributed by atoms with Gasteiger partial charge < -0.3 is 4.90 Å². The van der Waals surface area contributed by atoms with E-state index in [4.69, 9.17) is 0 Å². The number of amides is 1. The van der Waals surface area contributed by atoms with Crippen molar-refractivity contribution in [3.8, 4) is 0 Å². The maximum absolute atomic E-state index is 12.5. The summed E-state index contributed by atoms with van der Waals surface area (Å²) in [6.45, 7) is 12.0. The maximum Gasteiger partial charge on any atom is 0.241 e. The molecule has 3 heteroatoms. The summed E-state index contributed by atoms with van der Waals surface area (Å²) in [7, 11) is 0. The van der Waals surface area contributed by atoms with Crippen LogP contribution in [0.15, 0.2) is 0 Å². The summed E-state index contributed by atoms with van der Waals surface area (Å²) in [5.74, 6) is 0.314. The van der Waals surface area contributed by atoms with Gasteiger partial charge in [0.05, 0.1) is 12.2 Å². The second kappa shape index (κ2) is 8.02. The molecule has 118 valence electrons. The molecule has 0 saturated carbocycles. The van der Waals surface area contributed by atoms with E-state index in [-0.39, 0.29) is 17.6 Å². The molecule has 1 aliphatic rings. The predicted octanol–water partition coefficient (Wildman–Crippen LogP) is 3.93. The summed E-state index contributed by atoms with van der Waals surface area (Å²) in [5.41, 5.74) is 0.223. The summed E-state index contributed by atoms with van der Waals surface area (Å²) in [6.07, 6.45) is 8.48. The lowest BCUT2D eigenvalue weighted by molar-refractivity contribution is -0.131. The van der Waals surface area contributed by atoms with Gasteiger partial charge in [0.1, 0.15) is 0 Å². The van der Waals surface area contributed by atoms with Crippen molar-refractivity contribution in [2.45, 2.75) is 91.8 Å². The van der Waals surface area contributed by atoms with Gasteiger partial charge in [-0.3, -0.25) is 10.1 Å². The molecule has 1 fully saturated rings. The molecule has 3 nitrogen and oxygen atoms in total. The Labute approximate surface area is 125 Å². The third-order valence-electron chi connectivity index (χ3n) is 4.39. The Kier molecular flexibility index (Phi) is 7.01. The molecule has 0 aliphatic carbocycles. The van der Waals surface area contributed by atoms with Gasteiger partial charge in [0, 0.05) is 6.54 Å². The third-order valence-corrected chi connectivity index (χ3v) is 4.39. The van der Waals surface area contributed by atoms with Crippen molar-refractivity contribution in [3.63, 3.8) is 0 Å². The molecule has 1 aliphatic heterocycles. The SMILES string of the molecule is CCCCCC(C)(C)CN1C(=O)C(CCCC)NC1C. The zero-order chi connectivity index (χ0) is 15.2. The van der Waals surface area contributed by atoms with Gasteiger partial charge in [-0.25, -0.2) is 0 Å². The highest BCUT2D eigenvalue weighted by Gasteiger charge is 2.38. The average molecular weight is 282 g/mol. The first-order chi connectivity index (χ1) is 9.41. The number of carbonyl (C=O) groups is 1. The van der Waals surface area contributed by atoms with Gasteiger partial charge in [-0.05, 0) is 25.2 Å². The van der Waals surface area contributed by atoms with Gasteiger partial charge in [-0.1, -0.05) is 59.8 Å². The molecule has 1 amide bonds. The Morgan fingerprint density at radius 2 is 1.80 bits per heavy atom. The fourth-order valence-corrected chi connectivity index (χ4v) is 3.07. The van der Waals surface area contributed by atoms with Crippen molar-refractivity contribution in [2.75, 3.05) is 6.54 Å². The molecule has 2 atom stereocenters. The fourth-order valence-electron chi connectivity index (χ4n) is 3.07. The molecule has 2 unspecified atom stereocenters. The van der Waals surface area contributed by atoms with Crippen molar-refractivity contribution in [3.05, 3.63) is 0 Å².